The van der Waals surface area contributed by atoms with Crippen LogP contribution in [0.3, 0.4) is 0 Å². The number of nitrogens with one attached hydrogen (secondary N) is 2. The molecular weight excluding hydrogens is 252 g/mol. The second-order valence-corrected chi connectivity index (χ2v) is 4.96. The van der Waals surface area contributed by atoms with Gasteiger partial charge in [0.1, 0.15) is 11.4 Å². The van der Waals surface area contributed by atoms with Crippen LogP contribution in [-0.2, 0) is 4.74 Å². The summed E-state index contributed by atoms with van der Waals surface area (Å²) in [5.41, 5.74) is -0.601. The maximum Gasteiger partial charge on any atom is 0.408 e. The second kappa shape index (κ2) is 5.68. The summed E-state index contributed by atoms with van der Waals surface area (Å²) in [6.45, 7) is 7.09. The minimum atomic E-state index is -1.23. The van der Waals surface area contributed by atoms with E-state index in [4.69, 9.17) is 9.84 Å². The largest absolute Gasteiger partial charge is 0.475 e. The normalized spacial score (nSPS) is 12.8. The van der Waals surface area contributed by atoms with Crippen molar-refractivity contribution in [1.82, 2.24) is 20.5 Å². The average Bonchev–Trinajstić information content (AvgIpc) is 2.72. The van der Waals surface area contributed by atoms with Gasteiger partial charge in [0, 0.05) is 0 Å². The summed E-state index contributed by atoms with van der Waals surface area (Å²) in [5, 5.41) is 17.4. The Kier molecular flexibility index (Phi) is 4.47. The van der Waals surface area contributed by atoms with E-state index >= 15 is 0 Å². The fourth-order valence-corrected chi connectivity index (χ4v) is 1.34. The van der Waals surface area contributed by atoms with Crippen LogP contribution >= 0.6 is 0 Å². The highest BCUT2D eigenvalue weighted by atomic mass is 16.6. The number of aromatic carboxylic acids is 1. The zero-order chi connectivity index (χ0) is 14.6. The third-order valence-corrected chi connectivity index (χ3v) is 2.12. The molecule has 0 bridgehead atoms. The molecule has 1 rings (SSSR count). The number of alkyl carbamates (subject to hydrolysis) is 1. The van der Waals surface area contributed by atoms with Gasteiger partial charge in [0.15, 0.2) is 0 Å². The third-order valence-electron chi connectivity index (χ3n) is 2.12. The highest BCUT2D eigenvalue weighted by molar-refractivity contribution is 5.82. The van der Waals surface area contributed by atoms with Crippen LogP contribution in [0.2, 0.25) is 0 Å². The lowest BCUT2D eigenvalue weighted by Gasteiger charge is -2.22. The smallest absolute Gasteiger partial charge is 0.408 e. The standard InChI is InChI=1S/C11H18N4O4/c1-5-6(12-10(18)19-11(2,3)4)7-13-8(9(16)17)15-14-7/h6H,5H2,1-4H3,(H,12,18)(H,16,17)(H,13,14,15)/t6-/m0/s1. The molecular formula is C11H18N4O4. The van der Waals surface area contributed by atoms with E-state index < -0.39 is 23.7 Å². The molecule has 8 nitrogen and oxygen atoms in total. The van der Waals surface area contributed by atoms with E-state index in [2.05, 4.69) is 20.5 Å². The monoisotopic (exact) mass is 270 g/mol. The average molecular weight is 270 g/mol. The van der Waals surface area contributed by atoms with Crippen molar-refractivity contribution >= 4 is 12.1 Å². The minimum Gasteiger partial charge on any atom is -0.475 e. The number of aromatic nitrogens is 3. The summed E-state index contributed by atoms with van der Waals surface area (Å²) in [6.07, 6.45) is -0.0688. The van der Waals surface area contributed by atoms with Gasteiger partial charge in [0.25, 0.3) is 5.82 Å². The lowest BCUT2D eigenvalue weighted by atomic mass is 10.2. The van der Waals surface area contributed by atoms with Crippen molar-refractivity contribution in [1.29, 1.82) is 0 Å². The van der Waals surface area contributed by atoms with E-state index in [0.29, 0.717) is 6.42 Å². The number of rotatable bonds is 4. The number of carboxylic acids is 1. The summed E-state index contributed by atoms with van der Waals surface area (Å²) >= 11 is 0. The van der Waals surface area contributed by atoms with Crippen molar-refractivity contribution in [3.63, 3.8) is 0 Å². The topological polar surface area (TPSA) is 117 Å². The van der Waals surface area contributed by atoms with E-state index in [9.17, 15) is 9.59 Å². The predicted molar refractivity (Wildman–Crippen MR) is 65.7 cm³/mol. The molecule has 1 aromatic rings. The zero-order valence-corrected chi connectivity index (χ0v) is 11.4. The fraction of sp³-hybridized carbons (Fsp3) is 0.636. The van der Waals surface area contributed by atoms with E-state index in [-0.39, 0.29) is 11.6 Å². The van der Waals surface area contributed by atoms with Crippen LogP contribution in [0.4, 0.5) is 4.79 Å². The minimum absolute atomic E-state index is 0.283. The van der Waals surface area contributed by atoms with Crippen LogP contribution in [0.15, 0.2) is 0 Å². The molecule has 106 valence electrons. The Morgan fingerprint density at radius 1 is 1.47 bits per heavy atom. The van der Waals surface area contributed by atoms with E-state index in [1.165, 1.54) is 0 Å². The molecule has 0 fully saturated rings. The van der Waals surface area contributed by atoms with Crippen LogP contribution in [0, 0.1) is 0 Å². The van der Waals surface area contributed by atoms with Crippen LogP contribution < -0.4 is 5.32 Å². The molecule has 1 heterocycles. The maximum absolute atomic E-state index is 11.6. The molecule has 0 unspecified atom stereocenters. The highest BCUT2D eigenvalue weighted by Gasteiger charge is 2.22. The first-order valence-corrected chi connectivity index (χ1v) is 5.88. The van der Waals surface area contributed by atoms with Crippen LogP contribution in [0.1, 0.15) is 56.6 Å². The Labute approximate surface area is 110 Å². The van der Waals surface area contributed by atoms with Crippen molar-refractivity contribution in [2.24, 2.45) is 0 Å². The van der Waals surface area contributed by atoms with Crippen molar-refractivity contribution in [2.75, 3.05) is 0 Å². The third kappa shape index (κ3) is 4.57. The van der Waals surface area contributed by atoms with Crippen molar-refractivity contribution in [3.05, 3.63) is 11.6 Å². The van der Waals surface area contributed by atoms with E-state index in [1.54, 1.807) is 20.8 Å². The van der Waals surface area contributed by atoms with Gasteiger partial charge in [-0.15, -0.1) is 5.10 Å². The molecule has 1 aromatic heterocycles. The molecule has 0 saturated heterocycles. The number of aromatic amines is 1. The van der Waals surface area contributed by atoms with Crippen LogP contribution in [0.25, 0.3) is 0 Å². The molecule has 3 N–H and O–H groups in total. The molecule has 0 radical (unpaired) electrons. The number of carbonyl (C=O) groups is 2. The lowest BCUT2D eigenvalue weighted by molar-refractivity contribution is 0.0499. The molecule has 0 spiro atoms. The quantitative estimate of drug-likeness (QED) is 0.762. The second-order valence-electron chi connectivity index (χ2n) is 4.96. The first kappa shape index (κ1) is 14.9. The molecule has 1 atom stereocenters. The van der Waals surface area contributed by atoms with Gasteiger partial charge in [-0.25, -0.2) is 14.6 Å². The Balaban J connectivity index is 2.72. The van der Waals surface area contributed by atoms with Gasteiger partial charge in [-0.1, -0.05) is 6.92 Å². The Hall–Kier alpha value is -2.12. The first-order chi connectivity index (χ1) is 8.73. The van der Waals surface area contributed by atoms with Crippen molar-refractivity contribution in [2.45, 2.75) is 45.8 Å². The highest BCUT2D eigenvalue weighted by Crippen LogP contribution is 2.14. The number of amides is 1. The van der Waals surface area contributed by atoms with Gasteiger partial charge in [-0.2, -0.15) is 0 Å². The molecule has 1 amide bonds. The van der Waals surface area contributed by atoms with Gasteiger partial charge in [0.05, 0.1) is 6.04 Å². The maximum atomic E-state index is 11.6. The van der Waals surface area contributed by atoms with Gasteiger partial charge < -0.3 is 15.2 Å². The Bertz CT molecular complexity index is 464. The molecule has 8 heteroatoms. The summed E-state index contributed by atoms with van der Waals surface area (Å²) in [4.78, 5) is 26.1. The fourth-order valence-electron chi connectivity index (χ4n) is 1.34. The summed E-state index contributed by atoms with van der Waals surface area (Å²) in [6, 6.07) is -0.476. The molecule has 0 aliphatic carbocycles. The van der Waals surface area contributed by atoms with Crippen molar-refractivity contribution < 1.29 is 19.4 Å². The van der Waals surface area contributed by atoms with Gasteiger partial charge in [-0.05, 0) is 27.2 Å². The van der Waals surface area contributed by atoms with Gasteiger partial charge in [0.2, 0.25) is 0 Å². The number of nitrogens with zero attached hydrogens (tertiary/aromatic N) is 2. The summed E-state index contributed by atoms with van der Waals surface area (Å²) in [7, 11) is 0. The van der Waals surface area contributed by atoms with Crippen molar-refractivity contribution in [3.8, 4) is 0 Å². The van der Waals surface area contributed by atoms with Crippen LogP contribution in [0.5, 0.6) is 0 Å². The van der Waals surface area contributed by atoms with Crippen LogP contribution in [-0.4, -0.2) is 38.0 Å². The number of carbonyl (C=O) groups excluding carboxylic acids is 1. The first-order valence-electron chi connectivity index (χ1n) is 5.88. The number of H-pyrrole nitrogens is 1. The molecule has 0 aliphatic rings. The van der Waals surface area contributed by atoms with E-state index in [1.807, 2.05) is 6.92 Å². The van der Waals surface area contributed by atoms with Gasteiger partial charge >= 0.3 is 12.1 Å². The number of hydrogen-bond donors (Lipinski definition) is 3. The molecule has 19 heavy (non-hydrogen) atoms. The molecule has 0 aromatic carbocycles. The predicted octanol–water partition coefficient (Wildman–Crippen LogP) is 1.48. The van der Waals surface area contributed by atoms with E-state index in [0.717, 1.165) is 0 Å². The SMILES string of the molecule is CC[C@H](NC(=O)OC(C)(C)C)c1nc(C(=O)O)n[nH]1. The number of ether oxygens (including phenoxy) is 1. The lowest BCUT2D eigenvalue weighted by Crippen LogP contribution is -2.35. The summed E-state index contributed by atoms with van der Waals surface area (Å²) in [5.74, 6) is -1.28. The Morgan fingerprint density at radius 2 is 2.11 bits per heavy atom. The Morgan fingerprint density at radius 3 is 2.53 bits per heavy atom. The van der Waals surface area contributed by atoms with Gasteiger partial charge in [-0.3, -0.25) is 5.10 Å². The molecule has 0 saturated carbocycles. The number of carboxylic acid groups (broad SMARTS) is 1. The zero-order valence-electron chi connectivity index (χ0n) is 11.4. The molecule has 0 aliphatic heterocycles. The summed E-state index contributed by atoms with van der Waals surface area (Å²) < 4.78 is 5.12. The number of hydrogen-bond acceptors (Lipinski definition) is 5.